The molecule has 21 heavy (non-hydrogen) atoms. The van der Waals surface area contributed by atoms with Gasteiger partial charge in [0, 0.05) is 30.4 Å². The second kappa shape index (κ2) is 7.47. The molecule has 0 atom stereocenters. The minimum atomic E-state index is 0.625. The van der Waals surface area contributed by atoms with E-state index in [1.807, 2.05) is 37.3 Å². The zero-order valence-electron chi connectivity index (χ0n) is 12.8. The first-order valence-electron chi connectivity index (χ1n) is 7.18. The monoisotopic (exact) mass is 286 g/mol. The minimum absolute atomic E-state index is 0.625. The van der Waals surface area contributed by atoms with Gasteiger partial charge in [0.05, 0.1) is 7.11 Å². The fourth-order valence-corrected chi connectivity index (χ4v) is 2.01. The lowest BCUT2D eigenvalue weighted by Crippen LogP contribution is -2.09. The third-order valence-corrected chi connectivity index (χ3v) is 3.04. The van der Waals surface area contributed by atoms with Crippen molar-refractivity contribution in [2.24, 2.45) is 0 Å². The number of nitrogens with zero attached hydrogens (tertiary/aromatic N) is 2. The summed E-state index contributed by atoms with van der Waals surface area (Å²) in [7, 11) is 1.68. The van der Waals surface area contributed by atoms with Gasteiger partial charge in [-0.1, -0.05) is 25.1 Å². The highest BCUT2D eigenvalue weighted by molar-refractivity contribution is 5.43. The van der Waals surface area contributed by atoms with Crippen molar-refractivity contribution in [1.82, 2.24) is 9.97 Å². The second-order valence-electron chi connectivity index (χ2n) is 4.81. The Labute approximate surface area is 125 Å². The number of benzene rings is 1. The first-order valence-corrected chi connectivity index (χ1v) is 7.18. The molecule has 1 aromatic heterocycles. The maximum atomic E-state index is 5.34. The van der Waals surface area contributed by atoms with Crippen molar-refractivity contribution in [2.75, 3.05) is 24.3 Å². The second-order valence-corrected chi connectivity index (χ2v) is 4.81. The van der Waals surface area contributed by atoms with Gasteiger partial charge >= 0.3 is 0 Å². The molecule has 0 fully saturated rings. The lowest BCUT2D eigenvalue weighted by atomic mass is 10.2. The topological polar surface area (TPSA) is 59.1 Å². The maximum Gasteiger partial charge on any atom is 0.225 e. The van der Waals surface area contributed by atoms with Crippen molar-refractivity contribution in [3.63, 3.8) is 0 Å². The highest BCUT2D eigenvalue weighted by atomic mass is 16.5. The molecule has 0 unspecified atom stereocenters. The third-order valence-electron chi connectivity index (χ3n) is 3.04. The van der Waals surface area contributed by atoms with Gasteiger partial charge in [-0.3, -0.25) is 0 Å². The molecular formula is C16H22N4O. The predicted octanol–water partition coefficient (Wildman–Crippen LogP) is 3.23. The number of aromatic nitrogens is 2. The highest BCUT2D eigenvalue weighted by Gasteiger charge is 2.04. The molecule has 5 heteroatoms. The van der Waals surface area contributed by atoms with Crippen LogP contribution in [0, 0.1) is 6.92 Å². The number of ether oxygens (including phenoxy) is 1. The molecule has 2 aromatic rings. The number of anilines is 2. The van der Waals surface area contributed by atoms with Gasteiger partial charge in [0.15, 0.2) is 0 Å². The Morgan fingerprint density at radius 3 is 2.71 bits per heavy atom. The first-order chi connectivity index (χ1) is 10.2. The average molecular weight is 286 g/mol. The molecule has 0 spiro atoms. The summed E-state index contributed by atoms with van der Waals surface area (Å²) in [4.78, 5) is 8.88. The van der Waals surface area contributed by atoms with Crippen molar-refractivity contribution in [3.8, 4) is 5.75 Å². The lowest BCUT2D eigenvalue weighted by molar-refractivity contribution is 0.410. The largest absolute Gasteiger partial charge is 0.496 e. The van der Waals surface area contributed by atoms with Gasteiger partial charge in [-0.15, -0.1) is 0 Å². The number of rotatable bonds is 7. The van der Waals surface area contributed by atoms with Crippen LogP contribution in [-0.4, -0.2) is 23.6 Å². The molecule has 2 N–H and O–H groups in total. The Bertz CT molecular complexity index is 586. The normalized spacial score (nSPS) is 10.2. The quantitative estimate of drug-likeness (QED) is 0.818. The Balaban J connectivity index is 2.07. The minimum Gasteiger partial charge on any atom is -0.496 e. The van der Waals surface area contributed by atoms with Crippen LogP contribution in [0.5, 0.6) is 5.75 Å². The van der Waals surface area contributed by atoms with E-state index >= 15 is 0 Å². The zero-order valence-corrected chi connectivity index (χ0v) is 12.8. The summed E-state index contributed by atoms with van der Waals surface area (Å²) in [6, 6.07) is 9.87. The van der Waals surface area contributed by atoms with E-state index in [9.17, 15) is 0 Å². The number of hydrogen-bond acceptors (Lipinski definition) is 5. The first kappa shape index (κ1) is 15.1. The van der Waals surface area contributed by atoms with Gasteiger partial charge in [0.1, 0.15) is 11.6 Å². The van der Waals surface area contributed by atoms with E-state index in [2.05, 4.69) is 27.5 Å². The molecule has 1 heterocycles. The van der Waals surface area contributed by atoms with Gasteiger partial charge in [0.25, 0.3) is 0 Å². The van der Waals surface area contributed by atoms with Crippen LogP contribution < -0.4 is 15.4 Å². The van der Waals surface area contributed by atoms with E-state index in [1.165, 1.54) is 0 Å². The molecule has 5 nitrogen and oxygen atoms in total. The van der Waals surface area contributed by atoms with Crippen LogP contribution in [0.2, 0.25) is 0 Å². The van der Waals surface area contributed by atoms with Gasteiger partial charge in [-0.25, -0.2) is 4.98 Å². The Morgan fingerprint density at radius 2 is 1.95 bits per heavy atom. The number of methoxy groups -OCH3 is 1. The van der Waals surface area contributed by atoms with Gasteiger partial charge in [-0.05, 0) is 19.4 Å². The fourth-order valence-electron chi connectivity index (χ4n) is 2.01. The number of nitrogens with one attached hydrogen (secondary N) is 2. The van der Waals surface area contributed by atoms with Crippen LogP contribution in [0.25, 0.3) is 0 Å². The summed E-state index contributed by atoms with van der Waals surface area (Å²) >= 11 is 0. The standard InChI is InChI=1S/C16H22N4O/c1-4-9-17-15-10-12(2)19-16(20-15)18-11-13-7-5-6-8-14(13)21-3/h5-8,10H,4,9,11H2,1-3H3,(H2,17,18,19,20). The summed E-state index contributed by atoms with van der Waals surface area (Å²) in [6.07, 6.45) is 1.06. The molecule has 0 saturated heterocycles. The molecule has 0 aliphatic rings. The van der Waals surface area contributed by atoms with Crippen molar-refractivity contribution in [2.45, 2.75) is 26.8 Å². The van der Waals surface area contributed by atoms with Crippen LogP contribution in [-0.2, 0) is 6.54 Å². The Kier molecular flexibility index (Phi) is 5.37. The zero-order chi connectivity index (χ0) is 15.1. The lowest BCUT2D eigenvalue weighted by Gasteiger charge is -2.11. The Morgan fingerprint density at radius 1 is 1.14 bits per heavy atom. The summed E-state index contributed by atoms with van der Waals surface area (Å²) in [5, 5.41) is 6.53. The molecule has 0 bridgehead atoms. The van der Waals surface area contributed by atoms with Crippen LogP contribution in [0.3, 0.4) is 0 Å². The van der Waals surface area contributed by atoms with Crippen LogP contribution in [0.4, 0.5) is 11.8 Å². The smallest absolute Gasteiger partial charge is 0.225 e. The molecule has 2 rings (SSSR count). The van der Waals surface area contributed by atoms with Gasteiger partial charge in [-0.2, -0.15) is 4.98 Å². The third kappa shape index (κ3) is 4.34. The maximum absolute atomic E-state index is 5.34. The van der Waals surface area contributed by atoms with Crippen LogP contribution >= 0.6 is 0 Å². The number of para-hydroxylation sites is 1. The molecule has 0 radical (unpaired) electrons. The van der Waals surface area contributed by atoms with E-state index < -0.39 is 0 Å². The van der Waals surface area contributed by atoms with Crippen molar-refractivity contribution < 1.29 is 4.74 Å². The molecule has 112 valence electrons. The molecule has 0 aliphatic heterocycles. The van der Waals surface area contributed by atoms with Gasteiger partial charge in [0.2, 0.25) is 5.95 Å². The Hall–Kier alpha value is -2.30. The molecule has 1 aromatic carbocycles. The molecule has 0 saturated carbocycles. The summed E-state index contributed by atoms with van der Waals surface area (Å²) in [5.41, 5.74) is 2.01. The number of hydrogen-bond donors (Lipinski definition) is 2. The molecule has 0 aliphatic carbocycles. The molecule has 0 amide bonds. The summed E-state index contributed by atoms with van der Waals surface area (Å²) in [6.45, 7) is 5.62. The van der Waals surface area contributed by atoms with E-state index in [4.69, 9.17) is 4.74 Å². The molecular weight excluding hydrogens is 264 g/mol. The van der Waals surface area contributed by atoms with Crippen LogP contribution in [0.1, 0.15) is 24.6 Å². The van der Waals surface area contributed by atoms with Gasteiger partial charge < -0.3 is 15.4 Å². The van der Waals surface area contributed by atoms with Crippen molar-refractivity contribution in [1.29, 1.82) is 0 Å². The van der Waals surface area contributed by atoms with E-state index in [-0.39, 0.29) is 0 Å². The van der Waals surface area contributed by atoms with E-state index in [1.54, 1.807) is 7.11 Å². The van der Waals surface area contributed by atoms with E-state index in [0.29, 0.717) is 12.5 Å². The predicted molar refractivity (Wildman–Crippen MR) is 85.9 cm³/mol. The fraction of sp³-hybridized carbons (Fsp3) is 0.375. The van der Waals surface area contributed by atoms with E-state index in [0.717, 1.165) is 35.8 Å². The SMILES string of the molecule is CCCNc1cc(C)nc(NCc2ccccc2OC)n1. The highest BCUT2D eigenvalue weighted by Crippen LogP contribution is 2.18. The van der Waals surface area contributed by atoms with Crippen molar-refractivity contribution in [3.05, 3.63) is 41.6 Å². The average Bonchev–Trinajstić information content (AvgIpc) is 2.50. The summed E-state index contributed by atoms with van der Waals surface area (Å²) in [5.74, 6) is 2.34. The van der Waals surface area contributed by atoms with Crippen molar-refractivity contribution >= 4 is 11.8 Å². The number of aryl methyl sites for hydroxylation is 1. The summed E-state index contributed by atoms with van der Waals surface area (Å²) < 4.78 is 5.34. The van der Waals surface area contributed by atoms with Crippen LogP contribution in [0.15, 0.2) is 30.3 Å².